The Hall–Kier alpha value is -5.30. The van der Waals surface area contributed by atoms with E-state index in [1.165, 1.54) is 29.5 Å². The zero-order chi connectivity index (χ0) is 33.4. The molecular formula is C36H27F3N6O3S. The summed E-state index contributed by atoms with van der Waals surface area (Å²) in [6, 6.07) is 11.9. The Kier molecular flexibility index (Phi) is 6.94. The molecule has 13 heteroatoms. The highest BCUT2D eigenvalue weighted by Gasteiger charge is 2.45. The second-order valence-electron chi connectivity index (χ2n) is 12.6. The number of carbonyl (C=O) groups is 1. The van der Waals surface area contributed by atoms with E-state index in [9.17, 15) is 22.8 Å². The fraction of sp³-hybridized carbons (Fsp3) is 0.250. The van der Waals surface area contributed by atoms with Gasteiger partial charge in [0, 0.05) is 29.2 Å². The standard InChI is InChI=1S/C36H27F3N6O3S/c37-19-6-3-17(4-7-19)5-9-25-28(34-43-44-36(47)48-34)29(30-31(41-25)26-2-1-13-45(26)35(30)46)27-14-18-11-12-40-33(32(18)49-27)42-24-10-8-21-22(24)15-20(38)16-23(21)39/h3-4,6-7,11-12,14-16,24,26H,1-2,5,8-10,13H2,(H,40,42)(H,44,47)/t24-,26?/m1/s1. The van der Waals surface area contributed by atoms with E-state index in [1.54, 1.807) is 18.3 Å². The van der Waals surface area contributed by atoms with Crippen molar-refractivity contribution in [1.82, 2.24) is 25.1 Å². The van der Waals surface area contributed by atoms with Crippen LogP contribution in [0.3, 0.4) is 0 Å². The van der Waals surface area contributed by atoms with Crippen LogP contribution < -0.4 is 11.1 Å². The van der Waals surface area contributed by atoms with Crippen LogP contribution in [-0.4, -0.2) is 37.5 Å². The average molecular weight is 681 g/mol. The number of nitrogens with zero attached hydrogens (tertiary/aromatic N) is 4. The quantitative estimate of drug-likeness (QED) is 0.182. The van der Waals surface area contributed by atoms with Gasteiger partial charge in [-0.3, -0.25) is 9.78 Å². The maximum absolute atomic E-state index is 14.5. The molecule has 2 atom stereocenters. The van der Waals surface area contributed by atoms with Crippen LogP contribution in [0.25, 0.3) is 32.0 Å². The Morgan fingerprint density at radius 1 is 0.980 bits per heavy atom. The van der Waals surface area contributed by atoms with Gasteiger partial charge in [-0.1, -0.05) is 12.1 Å². The highest BCUT2D eigenvalue weighted by atomic mass is 32.1. The van der Waals surface area contributed by atoms with E-state index in [0.717, 1.165) is 39.4 Å². The number of thiophene rings is 1. The second-order valence-corrected chi connectivity index (χ2v) is 13.7. The largest absolute Gasteiger partial charge is 0.434 e. The Labute approximate surface area is 280 Å². The number of hydrogen-bond acceptors (Lipinski definition) is 8. The molecule has 6 aromatic rings. The number of H-pyrrole nitrogens is 1. The van der Waals surface area contributed by atoms with Gasteiger partial charge in [-0.2, -0.15) is 0 Å². The molecule has 2 N–H and O–H groups in total. The summed E-state index contributed by atoms with van der Waals surface area (Å²) in [5.41, 5.74) is 4.75. The van der Waals surface area contributed by atoms with Gasteiger partial charge in [0.15, 0.2) is 0 Å². The summed E-state index contributed by atoms with van der Waals surface area (Å²) in [5.74, 6) is -1.81. The molecule has 1 unspecified atom stereocenters. The van der Waals surface area contributed by atoms with Crippen LogP contribution in [0.4, 0.5) is 19.0 Å². The summed E-state index contributed by atoms with van der Waals surface area (Å²) in [6.45, 7) is 0.617. The monoisotopic (exact) mass is 680 g/mol. The predicted octanol–water partition coefficient (Wildman–Crippen LogP) is 7.29. The summed E-state index contributed by atoms with van der Waals surface area (Å²) in [7, 11) is 0. The van der Waals surface area contributed by atoms with Crippen molar-refractivity contribution in [2.24, 2.45) is 0 Å². The average Bonchev–Trinajstić information content (AvgIpc) is 3.92. The van der Waals surface area contributed by atoms with Crippen LogP contribution in [-0.2, 0) is 19.3 Å². The third-order valence-corrected chi connectivity index (χ3v) is 11.0. The highest BCUT2D eigenvalue weighted by Crippen LogP contribution is 2.50. The number of fused-ring (bicyclic) bond motifs is 5. The predicted molar refractivity (Wildman–Crippen MR) is 177 cm³/mol. The SMILES string of the molecule is O=C1c2c(nc(CCc3ccc(F)cc3)c(-c3n[nH]c(=O)o3)c2-c2cc3ccnc(N[C@@H]4CCc5c(F)cc(F)cc54)c3s2)C2CCCN12. The second kappa shape index (κ2) is 11.4. The molecule has 0 saturated carbocycles. The van der Waals surface area contributed by atoms with Crippen LogP contribution >= 0.6 is 11.3 Å². The summed E-state index contributed by atoms with van der Waals surface area (Å²) in [6.07, 6.45) is 5.31. The van der Waals surface area contributed by atoms with Crippen LogP contribution in [0, 0.1) is 17.5 Å². The van der Waals surface area contributed by atoms with E-state index < -0.39 is 17.4 Å². The first kappa shape index (κ1) is 29.8. The number of aromatic amines is 1. The van der Waals surface area contributed by atoms with Gasteiger partial charge < -0.3 is 14.6 Å². The van der Waals surface area contributed by atoms with E-state index >= 15 is 0 Å². The van der Waals surface area contributed by atoms with Crippen molar-refractivity contribution in [3.63, 3.8) is 0 Å². The van der Waals surface area contributed by atoms with E-state index in [1.807, 2.05) is 17.0 Å². The van der Waals surface area contributed by atoms with Gasteiger partial charge in [0.05, 0.1) is 39.3 Å². The van der Waals surface area contributed by atoms with Crippen molar-refractivity contribution in [2.75, 3.05) is 11.9 Å². The van der Waals surface area contributed by atoms with Gasteiger partial charge in [-0.15, -0.1) is 16.4 Å². The third-order valence-electron chi connectivity index (χ3n) is 9.80. The number of benzene rings is 2. The minimum atomic E-state index is -0.741. The Bertz CT molecular complexity index is 2370. The topological polar surface area (TPSA) is 117 Å². The summed E-state index contributed by atoms with van der Waals surface area (Å²) in [4.78, 5) is 38.7. The molecule has 49 heavy (non-hydrogen) atoms. The van der Waals surface area contributed by atoms with Gasteiger partial charge in [-0.05, 0) is 90.9 Å². The number of pyridine rings is 2. The first-order valence-electron chi connectivity index (χ1n) is 16.1. The lowest BCUT2D eigenvalue weighted by Gasteiger charge is -2.16. The Morgan fingerprint density at radius 2 is 1.84 bits per heavy atom. The number of aryl methyl sites for hydroxylation is 2. The number of anilines is 1. The molecule has 2 aromatic carbocycles. The maximum Gasteiger partial charge on any atom is 0.434 e. The minimum Gasteiger partial charge on any atom is -0.388 e. The number of hydrogen-bond donors (Lipinski definition) is 2. The van der Waals surface area contributed by atoms with Crippen molar-refractivity contribution >= 4 is 33.1 Å². The van der Waals surface area contributed by atoms with Crippen molar-refractivity contribution < 1.29 is 22.4 Å². The van der Waals surface area contributed by atoms with E-state index in [2.05, 4.69) is 20.5 Å². The number of amides is 1. The minimum absolute atomic E-state index is 0.0183. The molecule has 9 rings (SSSR count). The number of nitrogens with one attached hydrogen (secondary N) is 2. The first-order valence-corrected chi connectivity index (χ1v) is 17.0. The fourth-order valence-corrected chi connectivity index (χ4v) is 8.77. The van der Waals surface area contributed by atoms with E-state index in [0.29, 0.717) is 77.3 Å². The smallest absolute Gasteiger partial charge is 0.388 e. The molecule has 3 aliphatic rings. The zero-order valence-electron chi connectivity index (χ0n) is 25.9. The lowest BCUT2D eigenvalue weighted by molar-refractivity contribution is 0.0776. The van der Waals surface area contributed by atoms with E-state index in [4.69, 9.17) is 9.40 Å². The molecule has 6 heterocycles. The molecule has 0 spiro atoms. The zero-order valence-corrected chi connectivity index (χ0v) is 26.7. The molecule has 4 aromatic heterocycles. The molecule has 0 bridgehead atoms. The summed E-state index contributed by atoms with van der Waals surface area (Å²) < 4.78 is 48.8. The van der Waals surface area contributed by atoms with Crippen molar-refractivity contribution in [3.05, 3.63) is 116 Å². The highest BCUT2D eigenvalue weighted by molar-refractivity contribution is 7.23. The van der Waals surface area contributed by atoms with Gasteiger partial charge in [0.25, 0.3) is 11.8 Å². The summed E-state index contributed by atoms with van der Waals surface area (Å²) >= 11 is 1.41. The van der Waals surface area contributed by atoms with Gasteiger partial charge in [0.1, 0.15) is 23.3 Å². The molecule has 0 radical (unpaired) electrons. The van der Waals surface area contributed by atoms with Crippen LogP contribution in [0.5, 0.6) is 0 Å². The molecule has 246 valence electrons. The van der Waals surface area contributed by atoms with Gasteiger partial charge in [-0.25, -0.2) is 28.0 Å². The maximum atomic E-state index is 14.5. The first-order chi connectivity index (χ1) is 23.8. The molecule has 1 saturated heterocycles. The summed E-state index contributed by atoms with van der Waals surface area (Å²) in [5, 5.41) is 10.8. The Balaban J connectivity index is 1.21. The lowest BCUT2D eigenvalue weighted by atomic mass is 9.93. The van der Waals surface area contributed by atoms with E-state index in [-0.39, 0.29) is 29.7 Å². The lowest BCUT2D eigenvalue weighted by Crippen LogP contribution is -2.22. The molecule has 2 aliphatic heterocycles. The van der Waals surface area contributed by atoms with Crippen LogP contribution in [0.1, 0.15) is 69.8 Å². The molecule has 1 amide bonds. The van der Waals surface area contributed by atoms with Gasteiger partial charge in [0.2, 0.25) is 0 Å². The number of carbonyl (C=O) groups excluding carboxylic acids is 1. The fourth-order valence-electron chi connectivity index (χ4n) is 7.61. The van der Waals surface area contributed by atoms with Gasteiger partial charge >= 0.3 is 5.76 Å². The number of halogens is 3. The third kappa shape index (κ3) is 4.94. The van der Waals surface area contributed by atoms with Crippen LogP contribution in [0.15, 0.2) is 63.9 Å². The molecule has 1 fully saturated rings. The molecule has 1 aliphatic carbocycles. The number of rotatable bonds is 7. The van der Waals surface area contributed by atoms with Crippen LogP contribution in [0.2, 0.25) is 0 Å². The number of aromatic nitrogens is 4. The Morgan fingerprint density at radius 3 is 2.65 bits per heavy atom. The van der Waals surface area contributed by atoms with Crippen molar-refractivity contribution in [1.29, 1.82) is 0 Å². The normalized spacial score (nSPS) is 17.9. The molecular weight excluding hydrogens is 653 g/mol. The molecule has 9 nitrogen and oxygen atoms in total. The van der Waals surface area contributed by atoms with Crippen molar-refractivity contribution in [3.8, 4) is 21.9 Å². The van der Waals surface area contributed by atoms with Crippen molar-refractivity contribution in [2.45, 2.75) is 50.6 Å².